The molecule has 2 N–H and O–H groups in total. The first-order valence-corrected chi connectivity index (χ1v) is 8.68. The summed E-state index contributed by atoms with van der Waals surface area (Å²) in [6.45, 7) is 4.39. The Labute approximate surface area is 158 Å². The number of hydrogen-bond acceptors (Lipinski definition) is 4. The van der Waals surface area contributed by atoms with E-state index in [2.05, 4.69) is 10.6 Å². The lowest BCUT2D eigenvalue weighted by Gasteiger charge is -2.17. The van der Waals surface area contributed by atoms with Gasteiger partial charge in [0.25, 0.3) is 11.8 Å². The number of para-hydroxylation sites is 1. The minimum absolute atomic E-state index is 0.00997. The van der Waals surface area contributed by atoms with Crippen LogP contribution < -0.4 is 15.4 Å². The molecule has 0 unspecified atom stereocenters. The highest BCUT2D eigenvalue weighted by atomic mass is 32.1. The highest BCUT2D eigenvalue weighted by Crippen LogP contribution is 2.22. The second kappa shape index (κ2) is 9.48. The van der Waals surface area contributed by atoms with Gasteiger partial charge in [-0.15, -0.1) is 0 Å². The van der Waals surface area contributed by atoms with Gasteiger partial charge < -0.3 is 4.74 Å². The molecule has 0 spiro atoms. The fourth-order valence-electron chi connectivity index (χ4n) is 2.23. The second-order valence-corrected chi connectivity index (χ2v) is 5.52. The van der Waals surface area contributed by atoms with Crippen molar-refractivity contribution in [2.24, 2.45) is 0 Å². The Hall–Kier alpha value is -2.99. The van der Waals surface area contributed by atoms with E-state index in [4.69, 9.17) is 17.0 Å². The van der Waals surface area contributed by atoms with E-state index in [9.17, 15) is 9.59 Å². The SMILES string of the molecule is CC.O=C1NC(=S)NC(=O)C1=Cc1ccccc1OCc1ccccc1. The molecule has 0 atom stereocenters. The lowest BCUT2D eigenvalue weighted by Crippen LogP contribution is -2.51. The van der Waals surface area contributed by atoms with Gasteiger partial charge in [-0.05, 0) is 29.9 Å². The lowest BCUT2D eigenvalue weighted by atomic mass is 10.1. The maximum absolute atomic E-state index is 11.9. The van der Waals surface area contributed by atoms with Gasteiger partial charge in [0.05, 0.1) is 0 Å². The van der Waals surface area contributed by atoms with Gasteiger partial charge in [-0.1, -0.05) is 62.4 Å². The van der Waals surface area contributed by atoms with Gasteiger partial charge in [0.2, 0.25) is 0 Å². The van der Waals surface area contributed by atoms with E-state index >= 15 is 0 Å². The summed E-state index contributed by atoms with van der Waals surface area (Å²) in [6, 6.07) is 16.9. The third-order valence-electron chi connectivity index (χ3n) is 3.40. The third kappa shape index (κ3) is 5.00. The summed E-state index contributed by atoms with van der Waals surface area (Å²) in [7, 11) is 0. The van der Waals surface area contributed by atoms with E-state index in [1.165, 1.54) is 6.08 Å². The zero-order valence-corrected chi connectivity index (χ0v) is 15.4. The van der Waals surface area contributed by atoms with Crippen LogP contribution in [-0.4, -0.2) is 16.9 Å². The standard InChI is InChI=1S/C18H14N2O3S.C2H6/c21-16-14(17(22)20-18(24)19-16)10-13-8-4-5-9-15(13)23-11-12-6-2-1-3-7-12;1-2/h1-10H,11H2,(H2,19,20,21,22,24);1-2H3. The number of rotatable bonds is 4. The molecule has 1 saturated heterocycles. The van der Waals surface area contributed by atoms with Crippen molar-refractivity contribution in [3.63, 3.8) is 0 Å². The fraction of sp³-hybridized carbons (Fsp3) is 0.150. The second-order valence-electron chi connectivity index (χ2n) is 5.11. The maximum atomic E-state index is 11.9. The Balaban J connectivity index is 0.00000117. The number of hydrogen-bond donors (Lipinski definition) is 2. The number of carbonyl (C=O) groups is 2. The van der Waals surface area contributed by atoms with Gasteiger partial charge >= 0.3 is 0 Å². The number of carbonyl (C=O) groups excluding carboxylic acids is 2. The van der Waals surface area contributed by atoms with Gasteiger partial charge in [-0.25, -0.2) is 0 Å². The topological polar surface area (TPSA) is 67.4 Å². The molecule has 2 aromatic carbocycles. The molecule has 0 aliphatic carbocycles. The highest BCUT2D eigenvalue weighted by molar-refractivity contribution is 7.80. The molecular formula is C20H20N2O3S. The van der Waals surface area contributed by atoms with Crippen LogP contribution in [0.4, 0.5) is 0 Å². The summed E-state index contributed by atoms with van der Waals surface area (Å²) in [4.78, 5) is 23.9. The van der Waals surface area contributed by atoms with Gasteiger partial charge in [0.15, 0.2) is 5.11 Å². The molecule has 0 bridgehead atoms. The fourth-order valence-corrected chi connectivity index (χ4v) is 2.41. The van der Waals surface area contributed by atoms with Crippen LogP contribution in [0.15, 0.2) is 60.2 Å². The average Bonchev–Trinajstić information content (AvgIpc) is 2.66. The molecule has 2 amide bonds. The molecule has 0 aromatic heterocycles. The van der Waals surface area contributed by atoms with Crippen molar-refractivity contribution in [3.8, 4) is 5.75 Å². The first kappa shape index (κ1) is 19.3. The number of amides is 2. The monoisotopic (exact) mass is 368 g/mol. The average molecular weight is 368 g/mol. The van der Waals surface area contributed by atoms with Crippen LogP contribution in [0.25, 0.3) is 6.08 Å². The third-order valence-corrected chi connectivity index (χ3v) is 3.60. The quantitative estimate of drug-likeness (QED) is 0.494. The summed E-state index contributed by atoms with van der Waals surface area (Å²) >= 11 is 4.78. The highest BCUT2D eigenvalue weighted by Gasteiger charge is 2.25. The molecule has 1 aliphatic rings. The van der Waals surface area contributed by atoms with E-state index in [0.29, 0.717) is 17.9 Å². The zero-order chi connectivity index (χ0) is 18.9. The molecule has 5 nitrogen and oxygen atoms in total. The van der Waals surface area contributed by atoms with Crippen molar-refractivity contribution in [1.82, 2.24) is 10.6 Å². The predicted molar refractivity (Wildman–Crippen MR) is 105 cm³/mol. The Morgan fingerprint density at radius 2 is 1.50 bits per heavy atom. The van der Waals surface area contributed by atoms with Crippen molar-refractivity contribution >= 4 is 35.2 Å². The van der Waals surface area contributed by atoms with E-state index in [1.807, 2.05) is 56.3 Å². The minimum Gasteiger partial charge on any atom is -0.488 e. The first-order chi connectivity index (χ1) is 12.6. The van der Waals surface area contributed by atoms with E-state index in [1.54, 1.807) is 12.1 Å². The van der Waals surface area contributed by atoms with Crippen LogP contribution in [0.3, 0.4) is 0 Å². The van der Waals surface area contributed by atoms with Crippen molar-refractivity contribution in [3.05, 3.63) is 71.3 Å². The van der Waals surface area contributed by atoms with Crippen molar-refractivity contribution < 1.29 is 14.3 Å². The van der Waals surface area contributed by atoms with Crippen molar-refractivity contribution in [1.29, 1.82) is 0 Å². The van der Waals surface area contributed by atoms with E-state index in [0.717, 1.165) is 5.56 Å². The minimum atomic E-state index is -0.526. The van der Waals surface area contributed by atoms with Crippen LogP contribution >= 0.6 is 12.2 Å². The largest absolute Gasteiger partial charge is 0.488 e. The van der Waals surface area contributed by atoms with Gasteiger partial charge in [0.1, 0.15) is 17.9 Å². The smallest absolute Gasteiger partial charge is 0.263 e. The van der Waals surface area contributed by atoms with E-state index < -0.39 is 11.8 Å². The van der Waals surface area contributed by atoms with Crippen molar-refractivity contribution in [2.75, 3.05) is 0 Å². The van der Waals surface area contributed by atoms with Crippen LogP contribution in [0, 0.1) is 0 Å². The first-order valence-electron chi connectivity index (χ1n) is 8.27. The Bertz CT molecular complexity index is 810. The molecule has 1 heterocycles. The Morgan fingerprint density at radius 3 is 2.15 bits per heavy atom. The van der Waals surface area contributed by atoms with Crippen LogP contribution in [0.5, 0.6) is 5.75 Å². The van der Waals surface area contributed by atoms with Gasteiger partial charge in [-0.3, -0.25) is 20.2 Å². The van der Waals surface area contributed by atoms with Crippen LogP contribution in [0.2, 0.25) is 0 Å². The molecule has 6 heteroatoms. The summed E-state index contributed by atoms with van der Waals surface area (Å²) < 4.78 is 5.82. The number of ether oxygens (including phenoxy) is 1. The molecule has 1 aliphatic heterocycles. The molecular weight excluding hydrogens is 348 g/mol. The molecule has 2 aromatic rings. The van der Waals surface area contributed by atoms with Gasteiger partial charge in [-0.2, -0.15) is 0 Å². The van der Waals surface area contributed by atoms with Crippen molar-refractivity contribution in [2.45, 2.75) is 20.5 Å². The lowest BCUT2D eigenvalue weighted by molar-refractivity contribution is -0.123. The number of nitrogens with one attached hydrogen (secondary N) is 2. The van der Waals surface area contributed by atoms with E-state index in [-0.39, 0.29) is 10.7 Å². The number of benzene rings is 2. The zero-order valence-electron chi connectivity index (χ0n) is 14.6. The van der Waals surface area contributed by atoms with Crippen LogP contribution in [0.1, 0.15) is 25.0 Å². The molecule has 1 fully saturated rings. The summed E-state index contributed by atoms with van der Waals surface area (Å²) in [5.41, 5.74) is 1.65. The molecule has 134 valence electrons. The predicted octanol–water partition coefficient (Wildman–Crippen LogP) is 3.21. The summed E-state index contributed by atoms with van der Waals surface area (Å²) in [5.74, 6) is -0.467. The Kier molecular flexibility index (Phi) is 7.05. The molecule has 0 saturated carbocycles. The maximum Gasteiger partial charge on any atom is 0.263 e. The normalized spacial score (nSPS) is 13.2. The summed E-state index contributed by atoms with van der Waals surface area (Å²) in [5, 5.41) is 4.83. The molecule has 0 radical (unpaired) electrons. The van der Waals surface area contributed by atoms with Crippen LogP contribution in [-0.2, 0) is 16.2 Å². The van der Waals surface area contributed by atoms with Gasteiger partial charge in [0, 0.05) is 5.56 Å². The number of thiocarbonyl (C=S) groups is 1. The Morgan fingerprint density at radius 1 is 0.923 bits per heavy atom. The molecule has 26 heavy (non-hydrogen) atoms. The summed E-state index contributed by atoms with van der Waals surface area (Å²) in [6.07, 6.45) is 1.49. The molecule has 3 rings (SSSR count).